The molecule has 0 radical (unpaired) electrons. The lowest BCUT2D eigenvalue weighted by molar-refractivity contribution is 0.183. The van der Waals surface area contributed by atoms with Crippen molar-refractivity contribution in [3.63, 3.8) is 0 Å². The Balaban J connectivity index is 2.16. The smallest absolute Gasteiger partial charge is 0.259 e. The van der Waals surface area contributed by atoms with Gasteiger partial charge in [0.1, 0.15) is 5.75 Å². The van der Waals surface area contributed by atoms with Gasteiger partial charge in [-0.05, 0) is 69.8 Å². The molecule has 0 amide bonds. The van der Waals surface area contributed by atoms with Crippen molar-refractivity contribution in [1.82, 2.24) is 9.47 Å². The molecule has 26 heavy (non-hydrogen) atoms. The molecule has 1 aliphatic rings. The largest absolute Gasteiger partial charge is 0.507 e. The van der Waals surface area contributed by atoms with Gasteiger partial charge in [-0.1, -0.05) is 18.6 Å². The van der Waals surface area contributed by atoms with E-state index in [9.17, 15) is 9.90 Å². The molecule has 2 heterocycles. The Hall–Kier alpha value is -1.72. The summed E-state index contributed by atoms with van der Waals surface area (Å²) in [4.78, 5) is 16.7. The minimum atomic E-state index is -0.197. The number of likely N-dealkylation sites (tertiary alicyclic amines) is 1. The fourth-order valence-electron chi connectivity index (χ4n) is 3.94. The second kappa shape index (κ2) is 8.31. The Labute approximate surface area is 159 Å². The first-order chi connectivity index (χ1) is 12.6. The molecule has 1 aliphatic heterocycles. The van der Waals surface area contributed by atoms with E-state index >= 15 is 0 Å². The van der Waals surface area contributed by atoms with Crippen molar-refractivity contribution in [3.05, 3.63) is 57.5 Å². The van der Waals surface area contributed by atoms with Crippen molar-refractivity contribution in [2.45, 2.75) is 50.6 Å². The first-order valence-corrected chi connectivity index (χ1v) is 10.6. The summed E-state index contributed by atoms with van der Waals surface area (Å²) in [5.74, 6) is 0.113. The third kappa shape index (κ3) is 3.69. The van der Waals surface area contributed by atoms with Gasteiger partial charge in [0.25, 0.3) is 5.56 Å². The molecule has 0 spiro atoms. The normalized spacial score (nSPS) is 16.6. The van der Waals surface area contributed by atoms with Crippen LogP contribution < -0.4 is 5.56 Å². The molecule has 1 atom stereocenters. The number of piperidine rings is 1. The predicted octanol–water partition coefficient (Wildman–Crippen LogP) is 4.18. The van der Waals surface area contributed by atoms with Crippen molar-refractivity contribution in [2.75, 3.05) is 19.3 Å². The highest BCUT2D eigenvalue weighted by atomic mass is 32.2. The van der Waals surface area contributed by atoms with E-state index in [4.69, 9.17) is 0 Å². The molecule has 1 saturated heterocycles. The van der Waals surface area contributed by atoms with Gasteiger partial charge < -0.3 is 9.67 Å². The minimum Gasteiger partial charge on any atom is -0.507 e. The Morgan fingerprint density at radius 2 is 1.81 bits per heavy atom. The van der Waals surface area contributed by atoms with Crippen LogP contribution in [0, 0.1) is 6.92 Å². The van der Waals surface area contributed by atoms with Crippen LogP contribution in [0.25, 0.3) is 0 Å². The molecule has 0 aliphatic carbocycles. The zero-order valence-corrected chi connectivity index (χ0v) is 16.7. The van der Waals surface area contributed by atoms with Gasteiger partial charge in [-0.15, -0.1) is 11.8 Å². The number of hydrogen-bond acceptors (Lipinski definition) is 4. The zero-order valence-electron chi connectivity index (χ0n) is 15.9. The second-order valence-corrected chi connectivity index (χ2v) is 7.79. The lowest BCUT2D eigenvalue weighted by Crippen LogP contribution is -2.38. The molecular weight excluding hydrogens is 344 g/mol. The Morgan fingerprint density at radius 1 is 1.15 bits per heavy atom. The minimum absolute atomic E-state index is 0.0745. The van der Waals surface area contributed by atoms with Crippen LogP contribution in [0.5, 0.6) is 5.75 Å². The molecule has 0 bridgehead atoms. The Bertz CT molecular complexity index is 808. The van der Waals surface area contributed by atoms with Crippen molar-refractivity contribution in [1.29, 1.82) is 0 Å². The van der Waals surface area contributed by atoms with Gasteiger partial charge in [0.15, 0.2) is 0 Å². The molecule has 3 rings (SSSR count). The summed E-state index contributed by atoms with van der Waals surface area (Å²) in [6.07, 6.45) is 5.55. The van der Waals surface area contributed by atoms with Crippen molar-refractivity contribution >= 4 is 11.8 Å². The molecule has 1 fully saturated rings. The first-order valence-electron chi connectivity index (χ1n) is 9.38. The maximum atomic E-state index is 13.2. The molecule has 0 unspecified atom stereocenters. The van der Waals surface area contributed by atoms with E-state index < -0.39 is 0 Å². The number of aromatic nitrogens is 1. The van der Waals surface area contributed by atoms with Crippen LogP contribution in [0.2, 0.25) is 0 Å². The average molecular weight is 373 g/mol. The molecule has 5 heteroatoms. The number of hydrogen-bond donors (Lipinski definition) is 1. The molecular formula is C21H28N2O2S. The summed E-state index contributed by atoms with van der Waals surface area (Å²) in [5.41, 5.74) is 2.31. The van der Waals surface area contributed by atoms with E-state index in [2.05, 4.69) is 35.4 Å². The zero-order chi connectivity index (χ0) is 18.7. The van der Waals surface area contributed by atoms with Crippen LogP contribution in [-0.4, -0.2) is 33.9 Å². The predicted molar refractivity (Wildman–Crippen MR) is 108 cm³/mol. The van der Waals surface area contributed by atoms with E-state index in [1.807, 2.05) is 13.8 Å². The molecule has 1 aromatic carbocycles. The van der Waals surface area contributed by atoms with Crippen LogP contribution in [0.1, 0.15) is 49.0 Å². The molecule has 140 valence electrons. The van der Waals surface area contributed by atoms with Gasteiger partial charge in [0.05, 0.1) is 11.6 Å². The SMILES string of the molecule is CCn1c(C)cc(O)c([C@@H](c2ccc(SC)cc2)N2CCCCC2)c1=O. The first kappa shape index (κ1) is 19.1. The van der Waals surface area contributed by atoms with Crippen LogP contribution >= 0.6 is 11.8 Å². The molecule has 0 saturated carbocycles. The second-order valence-electron chi connectivity index (χ2n) is 6.91. The van der Waals surface area contributed by atoms with Gasteiger partial charge in [-0.25, -0.2) is 0 Å². The summed E-state index contributed by atoms with van der Waals surface area (Å²) in [7, 11) is 0. The number of nitrogens with zero attached hydrogens (tertiary/aromatic N) is 2. The summed E-state index contributed by atoms with van der Waals surface area (Å²) in [5, 5.41) is 10.7. The molecule has 2 aromatic rings. The Kier molecular flexibility index (Phi) is 6.09. The number of benzene rings is 1. The molecule has 1 aromatic heterocycles. The van der Waals surface area contributed by atoms with E-state index in [0.29, 0.717) is 12.1 Å². The van der Waals surface area contributed by atoms with Gasteiger partial charge in [0.2, 0.25) is 0 Å². The summed E-state index contributed by atoms with van der Waals surface area (Å²) in [6.45, 7) is 6.35. The number of thioether (sulfide) groups is 1. The van der Waals surface area contributed by atoms with Crippen LogP contribution in [0.3, 0.4) is 0 Å². The van der Waals surface area contributed by atoms with Crippen molar-refractivity contribution < 1.29 is 5.11 Å². The summed E-state index contributed by atoms with van der Waals surface area (Å²) >= 11 is 1.71. The topological polar surface area (TPSA) is 45.5 Å². The van der Waals surface area contributed by atoms with Gasteiger partial charge in [-0.3, -0.25) is 9.69 Å². The van der Waals surface area contributed by atoms with E-state index in [-0.39, 0.29) is 17.4 Å². The fourth-order valence-corrected chi connectivity index (χ4v) is 4.35. The third-order valence-electron chi connectivity index (χ3n) is 5.30. The number of rotatable bonds is 5. The van der Waals surface area contributed by atoms with Gasteiger partial charge in [0, 0.05) is 17.1 Å². The number of aromatic hydroxyl groups is 1. The van der Waals surface area contributed by atoms with E-state index in [1.54, 1.807) is 22.4 Å². The van der Waals surface area contributed by atoms with Crippen molar-refractivity contribution in [3.8, 4) is 5.75 Å². The van der Waals surface area contributed by atoms with Crippen LogP contribution in [-0.2, 0) is 6.54 Å². The highest BCUT2D eigenvalue weighted by Crippen LogP contribution is 2.35. The van der Waals surface area contributed by atoms with E-state index in [1.165, 1.54) is 11.3 Å². The standard InChI is InChI=1S/C21H28N2O2S/c1-4-23-15(2)14-18(24)19(21(23)25)20(22-12-6-5-7-13-22)16-8-10-17(26-3)11-9-16/h8-11,14,20,24H,4-7,12-13H2,1-3H3/t20-/m1/s1. The lowest BCUT2D eigenvalue weighted by Gasteiger charge is -2.35. The van der Waals surface area contributed by atoms with Gasteiger partial charge >= 0.3 is 0 Å². The third-order valence-corrected chi connectivity index (χ3v) is 6.04. The number of aryl methyl sites for hydroxylation is 1. The number of pyridine rings is 1. The Morgan fingerprint density at radius 3 is 2.38 bits per heavy atom. The quantitative estimate of drug-likeness (QED) is 0.800. The summed E-state index contributed by atoms with van der Waals surface area (Å²) < 4.78 is 1.75. The van der Waals surface area contributed by atoms with Gasteiger partial charge in [-0.2, -0.15) is 0 Å². The maximum Gasteiger partial charge on any atom is 0.259 e. The monoisotopic (exact) mass is 372 g/mol. The summed E-state index contributed by atoms with van der Waals surface area (Å²) in [6, 6.07) is 9.92. The average Bonchev–Trinajstić information content (AvgIpc) is 2.66. The molecule has 1 N–H and O–H groups in total. The van der Waals surface area contributed by atoms with Crippen molar-refractivity contribution in [2.24, 2.45) is 0 Å². The maximum absolute atomic E-state index is 13.2. The van der Waals surface area contributed by atoms with E-state index in [0.717, 1.165) is 37.2 Å². The van der Waals surface area contributed by atoms with Crippen LogP contribution in [0.4, 0.5) is 0 Å². The fraction of sp³-hybridized carbons (Fsp3) is 0.476. The lowest BCUT2D eigenvalue weighted by atomic mass is 9.94. The highest BCUT2D eigenvalue weighted by Gasteiger charge is 2.29. The highest BCUT2D eigenvalue weighted by molar-refractivity contribution is 7.98. The van der Waals surface area contributed by atoms with Crippen LogP contribution in [0.15, 0.2) is 40.0 Å². The molecule has 4 nitrogen and oxygen atoms in total.